The third-order valence-electron chi connectivity index (χ3n) is 4.13. The number of benzene rings is 3. The molecule has 1 aliphatic rings. The van der Waals surface area contributed by atoms with Crippen molar-refractivity contribution >= 4 is 46.4 Å². The number of anilines is 1. The predicted octanol–water partition coefficient (Wildman–Crippen LogP) is 5.42. The van der Waals surface area contributed by atoms with Gasteiger partial charge in [0.25, 0.3) is 11.8 Å². The Labute approximate surface area is 166 Å². The van der Waals surface area contributed by atoms with Crippen LogP contribution in [0.4, 0.5) is 5.69 Å². The van der Waals surface area contributed by atoms with Crippen LogP contribution in [0.5, 0.6) is 0 Å². The molecule has 0 radical (unpaired) electrons. The van der Waals surface area contributed by atoms with Gasteiger partial charge < -0.3 is 0 Å². The van der Waals surface area contributed by atoms with E-state index in [1.807, 2.05) is 60.7 Å². The number of hydrogen-bond acceptors (Lipinski definition) is 3. The number of halogens is 1. The number of hydrogen-bond donors (Lipinski definition) is 0. The number of nitrogens with zero attached hydrogens (tertiary/aromatic N) is 1. The summed E-state index contributed by atoms with van der Waals surface area (Å²) in [6.45, 7) is 0. The van der Waals surface area contributed by atoms with Gasteiger partial charge in [-0.25, -0.2) is 4.90 Å². The maximum absolute atomic E-state index is 13.2. The number of carbonyl (C=O) groups is 2. The number of rotatable bonds is 4. The lowest BCUT2D eigenvalue weighted by atomic mass is 10.1. The number of imide groups is 1. The number of thioether (sulfide) groups is 1. The van der Waals surface area contributed by atoms with Crippen LogP contribution in [0.1, 0.15) is 5.56 Å². The Balaban J connectivity index is 1.83. The Kier molecular flexibility index (Phi) is 4.84. The highest BCUT2D eigenvalue weighted by molar-refractivity contribution is 8.04. The third kappa shape index (κ3) is 3.42. The summed E-state index contributed by atoms with van der Waals surface area (Å²) in [7, 11) is 0. The van der Waals surface area contributed by atoms with Gasteiger partial charge in [0.15, 0.2) is 0 Å². The average molecular weight is 392 g/mol. The van der Waals surface area contributed by atoms with Gasteiger partial charge in [0, 0.05) is 9.92 Å². The van der Waals surface area contributed by atoms with Crippen molar-refractivity contribution < 1.29 is 9.59 Å². The minimum absolute atomic E-state index is 0.338. The van der Waals surface area contributed by atoms with Gasteiger partial charge >= 0.3 is 0 Å². The smallest absolute Gasteiger partial charge is 0.268 e. The summed E-state index contributed by atoms with van der Waals surface area (Å²) in [5.74, 6) is -0.679. The predicted molar refractivity (Wildman–Crippen MR) is 110 cm³/mol. The summed E-state index contributed by atoms with van der Waals surface area (Å²) in [6, 6.07) is 25.6. The van der Waals surface area contributed by atoms with Crippen molar-refractivity contribution in [3.63, 3.8) is 0 Å². The van der Waals surface area contributed by atoms with E-state index >= 15 is 0 Å². The molecule has 1 aliphatic heterocycles. The molecule has 0 unspecified atom stereocenters. The number of amides is 2. The molecule has 0 spiro atoms. The summed E-state index contributed by atoms with van der Waals surface area (Å²) < 4.78 is 0. The Bertz CT molecular complexity index is 1050. The van der Waals surface area contributed by atoms with Crippen molar-refractivity contribution in [2.24, 2.45) is 0 Å². The molecule has 1 heterocycles. The Morgan fingerprint density at radius 2 is 1.41 bits per heavy atom. The van der Waals surface area contributed by atoms with Crippen LogP contribution in [0.25, 0.3) is 5.57 Å². The fourth-order valence-corrected chi connectivity index (χ4v) is 4.12. The molecule has 3 aromatic rings. The Morgan fingerprint density at radius 1 is 0.741 bits per heavy atom. The van der Waals surface area contributed by atoms with Gasteiger partial charge in [-0.05, 0) is 35.9 Å². The molecule has 3 nitrogen and oxygen atoms in total. The third-order valence-corrected chi connectivity index (χ3v) is 5.46. The van der Waals surface area contributed by atoms with Crippen molar-refractivity contribution in [3.05, 3.63) is 100 Å². The molecular formula is C22H14ClNO2S. The van der Waals surface area contributed by atoms with Gasteiger partial charge in [0.05, 0.1) is 16.2 Å². The van der Waals surface area contributed by atoms with E-state index in [0.29, 0.717) is 21.2 Å². The SMILES string of the molecule is O=C1C(Sc2ccccc2)=C(c2ccccc2)C(=O)N1c1cccc(Cl)c1. The van der Waals surface area contributed by atoms with E-state index in [9.17, 15) is 9.59 Å². The molecule has 0 atom stereocenters. The highest BCUT2D eigenvalue weighted by Crippen LogP contribution is 2.41. The van der Waals surface area contributed by atoms with Crippen LogP contribution in [-0.2, 0) is 9.59 Å². The lowest BCUT2D eigenvalue weighted by molar-refractivity contribution is -0.119. The summed E-state index contributed by atoms with van der Waals surface area (Å²) in [4.78, 5) is 28.9. The maximum Gasteiger partial charge on any atom is 0.272 e. The zero-order valence-corrected chi connectivity index (χ0v) is 15.7. The Hall–Kier alpha value is -2.82. The molecule has 0 aromatic heterocycles. The molecule has 27 heavy (non-hydrogen) atoms. The highest BCUT2D eigenvalue weighted by Gasteiger charge is 2.40. The molecule has 0 aliphatic carbocycles. The molecule has 0 N–H and O–H groups in total. The first-order chi connectivity index (χ1) is 13.1. The van der Waals surface area contributed by atoms with Gasteiger partial charge in [-0.2, -0.15) is 0 Å². The minimum Gasteiger partial charge on any atom is -0.268 e. The van der Waals surface area contributed by atoms with Gasteiger partial charge in [0.2, 0.25) is 0 Å². The van der Waals surface area contributed by atoms with Crippen LogP contribution >= 0.6 is 23.4 Å². The van der Waals surface area contributed by atoms with Crippen LogP contribution in [0.3, 0.4) is 0 Å². The zero-order chi connectivity index (χ0) is 18.8. The monoisotopic (exact) mass is 391 g/mol. The second-order valence-electron chi connectivity index (χ2n) is 5.91. The molecule has 2 amide bonds. The quantitative estimate of drug-likeness (QED) is 0.557. The van der Waals surface area contributed by atoms with Gasteiger partial charge in [-0.3, -0.25) is 9.59 Å². The van der Waals surface area contributed by atoms with Crippen molar-refractivity contribution in [2.75, 3.05) is 4.90 Å². The van der Waals surface area contributed by atoms with Gasteiger partial charge in [0.1, 0.15) is 0 Å². The molecule has 132 valence electrons. The molecule has 5 heteroatoms. The molecule has 3 aromatic carbocycles. The minimum atomic E-state index is -0.341. The summed E-state index contributed by atoms with van der Waals surface area (Å²) in [5, 5.41) is 0.471. The van der Waals surface area contributed by atoms with Crippen LogP contribution in [0.15, 0.2) is 94.7 Å². The van der Waals surface area contributed by atoms with Gasteiger partial charge in [-0.15, -0.1) is 0 Å². The van der Waals surface area contributed by atoms with Crippen molar-refractivity contribution in [2.45, 2.75) is 4.90 Å². The lowest BCUT2D eigenvalue weighted by Crippen LogP contribution is -2.31. The molecule has 0 saturated carbocycles. The normalized spacial score (nSPS) is 14.2. The zero-order valence-electron chi connectivity index (χ0n) is 14.1. The first kappa shape index (κ1) is 17.6. The first-order valence-corrected chi connectivity index (χ1v) is 9.51. The second-order valence-corrected chi connectivity index (χ2v) is 7.43. The Morgan fingerprint density at radius 3 is 2.07 bits per heavy atom. The highest BCUT2D eigenvalue weighted by atomic mass is 35.5. The van der Waals surface area contributed by atoms with Crippen molar-refractivity contribution in [3.8, 4) is 0 Å². The molecular weight excluding hydrogens is 378 g/mol. The van der Waals surface area contributed by atoms with E-state index in [1.165, 1.54) is 16.7 Å². The topological polar surface area (TPSA) is 37.4 Å². The fourth-order valence-electron chi connectivity index (χ4n) is 2.92. The van der Waals surface area contributed by atoms with Crippen molar-refractivity contribution in [1.82, 2.24) is 0 Å². The summed E-state index contributed by atoms with van der Waals surface area (Å²) in [6.07, 6.45) is 0. The molecule has 0 saturated heterocycles. The van der Waals surface area contributed by atoms with E-state index in [0.717, 1.165) is 10.5 Å². The van der Waals surface area contributed by atoms with Crippen LogP contribution in [0.2, 0.25) is 5.02 Å². The maximum atomic E-state index is 13.2. The largest absolute Gasteiger partial charge is 0.272 e. The lowest BCUT2D eigenvalue weighted by Gasteiger charge is -2.15. The molecule has 0 bridgehead atoms. The first-order valence-electron chi connectivity index (χ1n) is 8.32. The molecule has 4 rings (SSSR count). The van der Waals surface area contributed by atoms with Crippen LogP contribution < -0.4 is 4.90 Å². The van der Waals surface area contributed by atoms with Crippen LogP contribution in [-0.4, -0.2) is 11.8 Å². The van der Waals surface area contributed by atoms with E-state index in [2.05, 4.69) is 0 Å². The fraction of sp³-hybridized carbons (Fsp3) is 0. The van der Waals surface area contributed by atoms with Gasteiger partial charge in [-0.1, -0.05) is 78.0 Å². The number of carbonyl (C=O) groups excluding carboxylic acids is 2. The summed E-state index contributed by atoms with van der Waals surface area (Å²) >= 11 is 7.37. The van der Waals surface area contributed by atoms with Crippen molar-refractivity contribution in [1.29, 1.82) is 0 Å². The average Bonchev–Trinajstić information content (AvgIpc) is 2.93. The standard InChI is InChI=1S/C22H14ClNO2S/c23-16-10-7-11-17(14-16)24-21(25)19(15-8-3-1-4-9-15)20(22(24)26)27-18-12-5-2-6-13-18/h1-14H. The van der Waals surface area contributed by atoms with E-state index < -0.39 is 0 Å². The molecule has 0 fully saturated rings. The van der Waals surface area contributed by atoms with Crippen LogP contribution in [0, 0.1) is 0 Å². The van der Waals surface area contributed by atoms with E-state index in [4.69, 9.17) is 11.6 Å². The second kappa shape index (κ2) is 7.43. The van der Waals surface area contributed by atoms with E-state index in [-0.39, 0.29) is 11.8 Å². The van der Waals surface area contributed by atoms with E-state index in [1.54, 1.807) is 24.3 Å². The summed E-state index contributed by atoms with van der Waals surface area (Å²) in [5.41, 5.74) is 1.60.